The van der Waals surface area contributed by atoms with E-state index in [4.69, 9.17) is 4.74 Å². The van der Waals surface area contributed by atoms with Crippen LogP contribution in [0.4, 0.5) is 0 Å². The number of nitrogens with zero attached hydrogens (tertiary/aromatic N) is 3. The molecule has 3 rings (SSSR count). The van der Waals surface area contributed by atoms with Gasteiger partial charge in [-0.2, -0.15) is 4.31 Å². The van der Waals surface area contributed by atoms with Crippen LogP contribution in [0, 0.1) is 17.8 Å². The standard InChI is InChI=1S/C25H33N3O5S/c1-18-14-28(19(2)17-29)34(31,32)25-8-7-21(6-5-20(3)30)13-23(25)33-24(18)16-27(4)15-22-9-11-26-12-10-22/h7-13,18-20,24,29-30H,14-17H2,1-4H3/t18-,19-,20-,24-/m1/s1. The number of aliphatic hydroxyl groups excluding tert-OH is 2. The van der Waals surface area contributed by atoms with Crippen LogP contribution in [0.1, 0.15) is 31.9 Å². The highest BCUT2D eigenvalue weighted by atomic mass is 32.2. The fraction of sp³-hybridized carbons (Fsp3) is 0.480. The topological polar surface area (TPSA) is 103 Å². The lowest BCUT2D eigenvalue weighted by molar-refractivity contribution is 0.0733. The highest BCUT2D eigenvalue weighted by molar-refractivity contribution is 7.89. The Balaban J connectivity index is 1.99. The van der Waals surface area contributed by atoms with Gasteiger partial charge in [-0.05, 0) is 56.8 Å². The maximum absolute atomic E-state index is 13.5. The average Bonchev–Trinajstić information content (AvgIpc) is 2.80. The Morgan fingerprint density at radius 2 is 1.97 bits per heavy atom. The lowest BCUT2D eigenvalue weighted by atomic mass is 10.0. The van der Waals surface area contributed by atoms with Gasteiger partial charge in [0.1, 0.15) is 22.9 Å². The first kappa shape index (κ1) is 26.1. The second kappa shape index (κ2) is 11.3. The highest BCUT2D eigenvalue weighted by Crippen LogP contribution is 2.34. The molecule has 8 nitrogen and oxygen atoms in total. The maximum Gasteiger partial charge on any atom is 0.247 e. The number of benzene rings is 1. The van der Waals surface area contributed by atoms with Crippen molar-refractivity contribution in [3.8, 4) is 17.6 Å². The van der Waals surface area contributed by atoms with Gasteiger partial charge in [-0.15, -0.1) is 0 Å². The number of fused-ring (bicyclic) bond motifs is 1. The molecule has 0 bridgehead atoms. The molecule has 0 saturated carbocycles. The first-order valence-electron chi connectivity index (χ1n) is 11.3. The van der Waals surface area contributed by atoms with Gasteiger partial charge < -0.3 is 14.9 Å². The molecule has 2 aromatic rings. The van der Waals surface area contributed by atoms with E-state index >= 15 is 0 Å². The van der Waals surface area contributed by atoms with Gasteiger partial charge >= 0.3 is 0 Å². The molecule has 1 aliphatic heterocycles. The number of hydrogen-bond acceptors (Lipinski definition) is 7. The van der Waals surface area contributed by atoms with E-state index in [1.54, 1.807) is 38.4 Å². The van der Waals surface area contributed by atoms with Gasteiger partial charge in [-0.25, -0.2) is 8.42 Å². The van der Waals surface area contributed by atoms with Gasteiger partial charge in [0.25, 0.3) is 0 Å². The Hall–Kier alpha value is -2.48. The lowest BCUT2D eigenvalue weighted by Crippen LogP contribution is -2.49. The highest BCUT2D eigenvalue weighted by Gasteiger charge is 2.38. The van der Waals surface area contributed by atoms with Crippen molar-refractivity contribution in [1.82, 2.24) is 14.2 Å². The maximum atomic E-state index is 13.5. The van der Waals surface area contributed by atoms with Crippen LogP contribution in [-0.2, 0) is 16.6 Å². The minimum Gasteiger partial charge on any atom is -0.487 e. The summed E-state index contributed by atoms with van der Waals surface area (Å²) < 4.78 is 34.7. The van der Waals surface area contributed by atoms with Crippen molar-refractivity contribution in [1.29, 1.82) is 0 Å². The van der Waals surface area contributed by atoms with E-state index in [0.29, 0.717) is 18.7 Å². The van der Waals surface area contributed by atoms with Gasteiger partial charge in [0.15, 0.2) is 0 Å². The van der Waals surface area contributed by atoms with Crippen LogP contribution in [0.5, 0.6) is 5.75 Å². The summed E-state index contributed by atoms with van der Waals surface area (Å²) in [5.74, 6) is 5.61. The summed E-state index contributed by atoms with van der Waals surface area (Å²) >= 11 is 0. The summed E-state index contributed by atoms with van der Waals surface area (Å²) in [7, 11) is -1.91. The summed E-state index contributed by atoms with van der Waals surface area (Å²) in [6.07, 6.45) is 2.39. The fourth-order valence-corrected chi connectivity index (χ4v) is 5.71. The van der Waals surface area contributed by atoms with Crippen molar-refractivity contribution in [2.75, 3.05) is 26.7 Å². The Morgan fingerprint density at radius 3 is 2.62 bits per heavy atom. The van der Waals surface area contributed by atoms with Gasteiger partial charge in [-0.3, -0.25) is 9.88 Å². The van der Waals surface area contributed by atoms with Crippen LogP contribution in [-0.4, -0.2) is 77.8 Å². The number of likely N-dealkylation sites (N-methyl/N-ethyl adjacent to an activating group) is 1. The van der Waals surface area contributed by atoms with Crippen LogP contribution in [0.25, 0.3) is 0 Å². The first-order valence-corrected chi connectivity index (χ1v) is 12.8. The quantitative estimate of drug-likeness (QED) is 0.598. The molecule has 0 unspecified atom stereocenters. The molecule has 1 aromatic heterocycles. The number of sulfonamides is 1. The van der Waals surface area contributed by atoms with Crippen LogP contribution in [0.15, 0.2) is 47.6 Å². The van der Waals surface area contributed by atoms with E-state index in [2.05, 4.69) is 21.7 Å². The van der Waals surface area contributed by atoms with Gasteiger partial charge in [0, 0.05) is 49.6 Å². The molecule has 0 spiro atoms. The second-order valence-corrected chi connectivity index (χ2v) is 10.8. The minimum absolute atomic E-state index is 0.0454. The second-order valence-electron chi connectivity index (χ2n) is 8.90. The third kappa shape index (κ3) is 6.34. The summed E-state index contributed by atoms with van der Waals surface area (Å²) in [4.78, 5) is 6.23. The van der Waals surface area contributed by atoms with Crippen LogP contribution >= 0.6 is 0 Å². The Kier molecular flexibility index (Phi) is 8.68. The van der Waals surface area contributed by atoms with Crippen molar-refractivity contribution in [3.63, 3.8) is 0 Å². The number of pyridine rings is 1. The number of ether oxygens (including phenoxy) is 1. The van der Waals surface area contributed by atoms with Crippen molar-refractivity contribution >= 4 is 10.0 Å². The molecule has 184 valence electrons. The lowest BCUT2D eigenvalue weighted by Gasteiger charge is -2.37. The molecule has 0 aliphatic carbocycles. The van der Waals surface area contributed by atoms with Crippen LogP contribution < -0.4 is 4.74 Å². The van der Waals surface area contributed by atoms with Crippen molar-refractivity contribution in [3.05, 3.63) is 53.9 Å². The predicted molar refractivity (Wildman–Crippen MR) is 130 cm³/mol. The number of hydrogen-bond donors (Lipinski definition) is 2. The molecular formula is C25H33N3O5S. The fourth-order valence-electron chi connectivity index (χ4n) is 3.88. The first-order chi connectivity index (χ1) is 16.1. The molecule has 0 saturated heterocycles. The van der Waals surface area contributed by atoms with E-state index in [0.717, 1.165) is 5.56 Å². The summed E-state index contributed by atoms with van der Waals surface area (Å²) in [6.45, 7) is 6.41. The third-order valence-electron chi connectivity index (χ3n) is 5.79. The third-order valence-corrected chi connectivity index (χ3v) is 7.81. The zero-order chi connectivity index (χ0) is 24.9. The molecular weight excluding hydrogens is 454 g/mol. The van der Waals surface area contributed by atoms with Gasteiger partial charge in [0.2, 0.25) is 10.0 Å². The van der Waals surface area contributed by atoms with Gasteiger partial charge in [-0.1, -0.05) is 18.8 Å². The summed E-state index contributed by atoms with van der Waals surface area (Å²) in [5, 5.41) is 19.3. The van der Waals surface area contributed by atoms with Crippen LogP contribution in [0.3, 0.4) is 0 Å². The van der Waals surface area contributed by atoms with Gasteiger partial charge in [0.05, 0.1) is 6.61 Å². The van der Waals surface area contributed by atoms with E-state index in [1.807, 2.05) is 26.1 Å². The molecule has 1 aliphatic rings. The van der Waals surface area contributed by atoms with Crippen molar-refractivity contribution in [2.45, 2.75) is 50.5 Å². The Labute approximate surface area is 202 Å². The molecule has 0 fully saturated rings. The smallest absolute Gasteiger partial charge is 0.247 e. The molecule has 0 amide bonds. The van der Waals surface area contributed by atoms with E-state index in [-0.39, 0.29) is 35.8 Å². The molecule has 2 heterocycles. The summed E-state index contributed by atoms with van der Waals surface area (Å²) in [6, 6.07) is 8.03. The Bertz CT molecular complexity index is 1130. The molecule has 1 aromatic carbocycles. The molecule has 2 N–H and O–H groups in total. The molecule has 4 atom stereocenters. The number of rotatable bonds is 6. The number of aliphatic hydroxyl groups is 2. The summed E-state index contributed by atoms with van der Waals surface area (Å²) in [5.41, 5.74) is 1.67. The zero-order valence-electron chi connectivity index (χ0n) is 20.0. The average molecular weight is 488 g/mol. The van der Waals surface area contributed by atoms with E-state index in [9.17, 15) is 18.6 Å². The zero-order valence-corrected chi connectivity index (χ0v) is 20.9. The molecule has 34 heavy (non-hydrogen) atoms. The van der Waals surface area contributed by atoms with Crippen LogP contribution in [0.2, 0.25) is 0 Å². The predicted octanol–water partition coefficient (Wildman–Crippen LogP) is 1.71. The molecule has 0 radical (unpaired) electrons. The molecule has 9 heteroatoms. The van der Waals surface area contributed by atoms with E-state index in [1.165, 1.54) is 10.4 Å². The van der Waals surface area contributed by atoms with E-state index < -0.39 is 22.2 Å². The number of aromatic nitrogens is 1. The van der Waals surface area contributed by atoms with Crippen molar-refractivity contribution < 1.29 is 23.4 Å². The SMILES string of the molecule is C[C@@H]1CN([C@H](C)CO)S(=O)(=O)c2ccc(C#C[C@@H](C)O)cc2O[C@@H]1CN(C)Cc1ccncc1. The minimum atomic E-state index is -3.91. The normalized spacial score (nSPS) is 21.9. The van der Waals surface area contributed by atoms with Crippen molar-refractivity contribution in [2.24, 2.45) is 5.92 Å². The monoisotopic (exact) mass is 487 g/mol. The largest absolute Gasteiger partial charge is 0.487 e. The Morgan fingerprint density at radius 1 is 1.26 bits per heavy atom.